The molecule has 0 atom stereocenters. The zero-order valence-corrected chi connectivity index (χ0v) is 11.2. The summed E-state index contributed by atoms with van der Waals surface area (Å²) in [6.45, 7) is 13.1. The van der Waals surface area contributed by atoms with Crippen LogP contribution in [-0.2, 0) is 6.54 Å². The lowest BCUT2D eigenvalue weighted by Gasteiger charge is -2.18. The predicted molar refractivity (Wildman–Crippen MR) is 68.4 cm³/mol. The van der Waals surface area contributed by atoms with E-state index in [1.54, 1.807) is 0 Å². The van der Waals surface area contributed by atoms with Crippen LogP contribution in [0.4, 0.5) is 0 Å². The van der Waals surface area contributed by atoms with Crippen LogP contribution in [-0.4, -0.2) is 16.1 Å². The van der Waals surface area contributed by atoms with Gasteiger partial charge in [0, 0.05) is 18.8 Å². The van der Waals surface area contributed by atoms with E-state index in [1.165, 1.54) is 12.1 Å². The Morgan fingerprint density at radius 2 is 2.06 bits per heavy atom. The van der Waals surface area contributed by atoms with Gasteiger partial charge in [-0.15, -0.1) is 0 Å². The van der Waals surface area contributed by atoms with Gasteiger partial charge in [-0.1, -0.05) is 20.8 Å². The van der Waals surface area contributed by atoms with Crippen molar-refractivity contribution in [2.24, 2.45) is 5.41 Å². The first-order valence-corrected chi connectivity index (χ1v) is 6.11. The molecule has 16 heavy (non-hydrogen) atoms. The SMILES string of the molecule is CC(C)n1cncc1CNCCC(C)(C)C. The van der Waals surface area contributed by atoms with Crippen LogP contribution in [0.15, 0.2) is 12.5 Å². The van der Waals surface area contributed by atoms with Crippen molar-refractivity contribution in [3.05, 3.63) is 18.2 Å². The summed E-state index contributed by atoms with van der Waals surface area (Å²) in [5.41, 5.74) is 1.68. The maximum Gasteiger partial charge on any atom is 0.0951 e. The molecule has 3 heteroatoms. The van der Waals surface area contributed by atoms with Crippen LogP contribution in [0.3, 0.4) is 0 Å². The van der Waals surface area contributed by atoms with Gasteiger partial charge in [0.25, 0.3) is 0 Å². The quantitative estimate of drug-likeness (QED) is 0.778. The molecule has 0 aliphatic carbocycles. The fraction of sp³-hybridized carbons (Fsp3) is 0.769. The van der Waals surface area contributed by atoms with Gasteiger partial charge in [-0.25, -0.2) is 4.98 Å². The first-order chi connectivity index (χ1) is 7.40. The minimum atomic E-state index is 0.408. The number of imidazole rings is 1. The second-order valence-corrected chi connectivity index (χ2v) is 5.87. The van der Waals surface area contributed by atoms with Crippen LogP contribution in [0.25, 0.3) is 0 Å². The van der Waals surface area contributed by atoms with Crippen molar-refractivity contribution in [1.82, 2.24) is 14.9 Å². The number of hydrogen-bond acceptors (Lipinski definition) is 2. The van der Waals surface area contributed by atoms with Gasteiger partial charge >= 0.3 is 0 Å². The summed E-state index contributed by atoms with van der Waals surface area (Å²) in [6.07, 6.45) is 5.05. The maximum absolute atomic E-state index is 4.19. The molecule has 0 fully saturated rings. The predicted octanol–water partition coefficient (Wildman–Crippen LogP) is 2.99. The monoisotopic (exact) mass is 223 g/mol. The third kappa shape index (κ3) is 4.35. The van der Waals surface area contributed by atoms with Crippen molar-refractivity contribution in [2.75, 3.05) is 6.54 Å². The molecule has 0 aliphatic heterocycles. The highest BCUT2D eigenvalue weighted by Gasteiger charge is 2.09. The van der Waals surface area contributed by atoms with Gasteiger partial charge in [-0.2, -0.15) is 0 Å². The number of aromatic nitrogens is 2. The molecular weight excluding hydrogens is 198 g/mol. The maximum atomic E-state index is 4.19. The highest BCUT2D eigenvalue weighted by atomic mass is 15.1. The molecule has 0 bridgehead atoms. The molecule has 0 aromatic carbocycles. The third-order valence-electron chi connectivity index (χ3n) is 2.66. The van der Waals surface area contributed by atoms with Crippen molar-refractivity contribution < 1.29 is 0 Å². The Labute approximate surface area is 99.3 Å². The number of rotatable bonds is 5. The minimum Gasteiger partial charge on any atom is -0.331 e. The number of nitrogens with one attached hydrogen (secondary N) is 1. The first kappa shape index (κ1) is 13.2. The number of nitrogens with zero attached hydrogens (tertiary/aromatic N) is 2. The largest absolute Gasteiger partial charge is 0.331 e. The summed E-state index contributed by atoms with van der Waals surface area (Å²) in [5, 5.41) is 3.48. The summed E-state index contributed by atoms with van der Waals surface area (Å²) < 4.78 is 2.21. The number of hydrogen-bond donors (Lipinski definition) is 1. The summed E-state index contributed by atoms with van der Waals surface area (Å²) in [7, 11) is 0. The van der Waals surface area contributed by atoms with Gasteiger partial charge in [0.1, 0.15) is 0 Å². The Kier molecular flexibility index (Phi) is 4.54. The Morgan fingerprint density at radius 1 is 1.38 bits per heavy atom. The Morgan fingerprint density at radius 3 is 2.62 bits per heavy atom. The van der Waals surface area contributed by atoms with E-state index < -0.39 is 0 Å². The molecule has 1 N–H and O–H groups in total. The molecule has 0 aliphatic rings. The van der Waals surface area contributed by atoms with Gasteiger partial charge in [0.2, 0.25) is 0 Å². The molecule has 0 saturated carbocycles. The lowest BCUT2D eigenvalue weighted by atomic mass is 9.92. The van der Waals surface area contributed by atoms with Crippen LogP contribution in [0, 0.1) is 5.41 Å². The molecule has 0 spiro atoms. The molecule has 1 aromatic rings. The Bertz CT molecular complexity index is 307. The van der Waals surface area contributed by atoms with E-state index >= 15 is 0 Å². The first-order valence-electron chi connectivity index (χ1n) is 6.11. The lowest BCUT2D eigenvalue weighted by molar-refractivity contribution is 0.365. The van der Waals surface area contributed by atoms with Crippen molar-refractivity contribution in [1.29, 1.82) is 0 Å². The van der Waals surface area contributed by atoms with E-state index in [-0.39, 0.29) is 0 Å². The van der Waals surface area contributed by atoms with E-state index in [9.17, 15) is 0 Å². The van der Waals surface area contributed by atoms with Gasteiger partial charge in [-0.05, 0) is 32.2 Å². The summed E-state index contributed by atoms with van der Waals surface area (Å²) in [6, 6.07) is 0.488. The van der Waals surface area contributed by atoms with Crippen LogP contribution >= 0.6 is 0 Å². The van der Waals surface area contributed by atoms with Crippen molar-refractivity contribution >= 4 is 0 Å². The molecular formula is C13H25N3. The lowest BCUT2D eigenvalue weighted by Crippen LogP contribution is -2.21. The normalized spacial score (nSPS) is 12.4. The zero-order chi connectivity index (χ0) is 12.2. The minimum absolute atomic E-state index is 0.408. The third-order valence-corrected chi connectivity index (χ3v) is 2.66. The van der Waals surface area contributed by atoms with Gasteiger partial charge in [-0.3, -0.25) is 0 Å². The molecule has 0 radical (unpaired) electrons. The molecule has 1 aromatic heterocycles. The molecule has 0 saturated heterocycles. The Hall–Kier alpha value is -0.830. The smallest absolute Gasteiger partial charge is 0.0951 e. The Balaban J connectivity index is 2.35. The zero-order valence-electron chi connectivity index (χ0n) is 11.2. The van der Waals surface area contributed by atoms with Gasteiger partial charge in [0.05, 0.1) is 12.0 Å². The van der Waals surface area contributed by atoms with Crippen molar-refractivity contribution in [3.8, 4) is 0 Å². The molecule has 92 valence electrons. The molecule has 1 rings (SSSR count). The highest BCUT2D eigenvalue weighted by molar-refractivity contribution is 4.99. The highest BCUT2D eigenvalue weighted by Crippen LogP contribution is 2.17. The van der Waals surface area contributed by atoms with Crippen LogP contribution in [0.2, 0.25) is 0 Å². The second kappa shape index (κ2) is 5.48. The summed E-state index contributed by atoms with van der Waals surface area (Å²) >= 11 is 0. The van der Waals surface area contributed by atoms with Gasteiger partial charge in [0.15, 0.2) is 0 Å². The van der Waals surface area contributed by atoms with E-state index in [2.05, 4.69) is 49.5 Å². The average Bonchev–Trinajstić information content (AvgIpc) is 2.58. The molecule has 1 heterocycles. The van der Waals surface area contributed by atoms with E-state index in [4.69, 9.17) is 0 Å². The summed E-state index contributed by atoms with van der Waals surface area (Å²) in [5.74, 6) is 0. The molecule has 0 amide bonds. The standard InChI is InChI=1S/C13H25N3/c1-11(2)16-10-15-9-12(16)8-14-7-6-13(3,4)5/h9-11,14H,6-8H2,1-5H3. The second-order valence-electron chi connectivity index (χ2n) is 5.87. The molecule has 0 unspecified atom stereocenters. The van der Waals surface area contributed by atoms with Crippen LogP contribution < -0.4 is 5.32 Å². The van der Waals surface area contributed by atoms with Crippen LogP contribution in [0.5, 0.6) is 0 Å². The van der Waals surface area contributed by atoms with Gasteiger partial charge < -0.3 is 9.88 Å². The van der Waals surface area contributed by atoms with E-state index in [1.807, 2.05) is 12.5 Å². The fourth-order valence-electron chi connectivity index (χ4n) is 1.61. The van der Waals surface area contributed by atoms with E-state index in [0.29, 0.717) is 11.5 Å². The fourth-order valence-corrected chi connectivity index (χ4v) is 1.61. The van der Waals surface area contributed by atoms with Crippen molar-refractivity contribution in [3.63, 3.8) is 0 Å². The average molecular weight is 223 g/mol. The molecule has 3 nitrogen and oxygen atoms in total. The van der Waals surface area contributed by atoms with Crippen molar-refractivity contribution in [2.45, 2.75) is 53.6 Å². The van der Waals surface area contributed by atoms with E-state index in [0.717, 1.165) is 13.1 Å². The topological polar surface area (TPSA) is 29.9 Å². The van der Waals surface area contributed by atoms with Crippen LogP contribution in [0.1, 0.15) is 52.8 Å². The summed E-state index contributed by atoms with van der Waals surface area (Å²) in [4.78, 5) is 4.19.